The minimum Gasteiger partial charge on any atom is -0.371 e. The molecule has 2 rings (SSSR count). The van der Waals surface area contributed by atoms with E-state index in [0.717, 1.165) is 5.01 Å². The van der Waals surface area contributed by atoms with Gasteiger partial charge in [-0.25, -0.2) is 9.69 Å². The maximum Gasteiger partial charge on any atom is 0.328 e. The van der Waals surface area contributed by atoms with Crippen molar-refractivity contribution in [3.8, 4) is 11.8 Å². The molecule has 2 amide bonds. The van der Waals surface area contributed by atoms with Crippen LogP contribution in [0.25, 0.3) is 0 Å². The number of aliphatic hydroxyl groups excluding tert-OH is 1. The number of amides is 2. The number of hydrogen-bond acceptors (Lipinski definition) is 6. The van der Waals surface area contributed by atoms with Crippen molar-refractivity contribution >= 4 is 34.3 Å². The molecule has 1 aromatic heterocycles. The molecule has 0 aliphatic carbocycles. The zero-order chi connectivity index (χ0) is 15.6. The standard InChI is InChI=1S/C13H18N4O2S2/c1-5-6-9(20-8(2)3)11-14-15-12(21-11)17-10(18)7-16(4)13(17)19/h8-10,18H,7H2,1-4H3. The van der Waals surface area contributed by atoms with Crippen molar-refractivity contribution in [1.29, 1.82) is 0 Å². The lowest BCUT2D eigenvalue weighted by molar-refractivity contribution is 0.183. The van der Waals surface area contributed by atoms with Gasteiger partial charge in [0.05, 0.1) is 6.54 Å². The van der Waals surface area contributed by atoms with Gasteiger partial charge in [0.2, 0.25) is 5.13 Å². The van der Waals surface area contributed by atoms with Gasteiger partial charge in [-0.1, -0.05) is 31.1 Å². The van der Waals surface area contributed by atoms with E-state index in [1.165, 1.54) is 21.1 Å². The molecule has 1 N–H and O–H groups in total. The number of aromatic nitrogens is 2. The maximum absolute atomic E-state index is 12.0. The summed E-state index contributed by atoms with van der Waals surface area (Å²) in [5.74, 6) is 6.01. The van der Waals surface area contributed by atoms with Gasteiger partial charge in [0.1, 0.15) is 10.3 Å². The van der Waals surface area contributed by atoms with Crippen molar-refractivity contribution in [3.63, 3.8) is 0 Å². The minimum atomic E-state index is -0.878. The topological polar surface area (TPSA) is 69.6 Å². The smallest absolute Gasteiger partial charge is 0.328 e. The van der Waals surface area contributed by atoms with Gasteiger partial charge in [0.15, 0.2) is 6.23 Å². The van der Waals surface area contributed by atoms with Gasteiger partial charge in [-0.05, 0) is 6.92 Å². The molecule has 0 bridgehead atoms. The molecule has 1 saturated heterocycles. The number of thioether (sulfide) groups is 1. The van der Waals surface area contributed by atoms with Gasteiger partial charge < -0.3 is 10.0 Å². The fraction of sp³-hybridized carbons (Fsp3) is 0.615. The van der Waals surface area contributed by atoms with Crippen LogP contribution < -0.4 is 4.90 Å². The first-order valence-electron chi connectivity index (χ1n) is 6.57. The summed E-state index contributed by atoms with van der Waals surface area (Å²) < 4.78 is 0. The molecule has 1 aliphatic rings. The number of likely N-dealkylation sites (N-methyl/N-ethyl adjacent to an activating group) is 1. The number of nitrogens with zero attached hydrogens (tertiary/aromatic N) is 4. The minimum absolute atomic E-state index is 0.0613. The Morgan fingerprint density at radius 3 is 2.71 bits per heavy atom. The van der Waals surface area contributed by atoms with Crippen molar-refractivity contribution in [2.45, 2.75) is 37.5 Å². The van der Waals surface area contributed by atoms with Crippen LogP contribution in [-0.4, -0.2) is 51.3 Å². The molecule has 1 aliphatic heterocycles. The second-order valence-corrected chi connectivity index (χ2v) is 7.57. The molecular weight excluding hydrogens is 308 g/mol. The van der Waals surface area contributed by atoms with Crippen LogP contribution in [-0.2, 0) is 0 Å². The molecule has 0 radical (unpaired) electrons. The van der Waals surface area contributed by atoms with Crippen molar-refractivity contribution in [1.82, 2.24) is 15.1 Å². The Morgan fingerprint density at radius 2 is 2.19 bits per heavy atom. The second-order valence-electron chi connectivity index (χ2n) is 4.90. The van der Waals surface area contributed by atoms with Crippen molar-refractivity contribution in [3.05, 3.63) is 5.01 Å². The highest BCUT2D eigenvalue weighted by molar-refractivity contribution is 8.00. The number of anilines is 1. The molecule has 0 saturated carbocycles. The number of carbonyl (C=O) groups is 1. The average Bonchev–Trinajstić information content (AvgIpc) is 2.95. The van der Waals surface area contributed by atoms with Crippen LogP contribution in [0.3, 0.4) is 0 Å². The molecule has 0 aromatic carbocycles. The monoisotopic (exact) mass is 326 g/mol. The number of urea groups is 1. The first kappa shape index (κ1) is 16.1. The highest BCUT2D eigenvalue weighted by Gasteiger charge is 2.37. The van der Waals surface area contributed by atoms with E-state index < -0.39 is 6.23 Å². The Hall–Kier alpha value is -1.30. The molecule has 0 spiro atoms. The third-order valence-corrected chi connectivity index (χ3v) is 5.11. The van der Waals surface area contributed by atoms with Crippen LogP contribution in [0, 0.1) is 11.8 Å². The Labute approximate surface area is 132 Å². The van der Waals surface area contributed by atoms with E-state index in [-0.39, 0.29) is 17.8 Å². The van der Waals surface area contributed by atoms with E-state index in [9.17, 15) is 9.90 Å². The fourth-order valence-electron chi connectivity index (χ4n) is 1.91. The summed E-state index contributed by atoms with van der Waals surface area (Å²) in [6, 6.07) is -0.264. The lowest BCUT2D eigenvalue weighted by Crippen LogP contribution is -2.34. The summed E-state index contributed by atoms with van der Waals surface area (Å²) >= 11 is 3.00. The molecule has 2 heterocycles. The van der Waals surface area contributed by atoms with Crippen LogP contribution in [0.2, 0.25) is 0 Å². The maximum atomic E-state index is 12.0. The lowest BCUT2D eigenvalue weighted by atomic mass is 10.4. The Kier molecular flexibility index (Phi) is 5.08. The summed E-state index contributed by atoms with van der Waals surface area (Å²) in [5, 5.41) is 19.7. The molecule has 21 heavy (non-hydrogen) atoms. The lowest BCUT2D eigenvalue weighted by Gasteiger charge is -2.14. The van der Waals surface area contributed by atoms with Crippen molar-refractivity contribution < 1.29 is 9.90 Å². The molecule has 114 valence electrons. The zero-order valence-corrected chi connectivity index (χ0v) is 14.0. The predicted molar refractivity (Wildman–Crippen MR) is 85.3 cm³/mol. The predicted octanol–water partition coefficient (Wildman–Crippen LogP) is 1.93. The molecule has 2 atom stereocenters. The Bertz CT molecular complexity index is 578. The van der Waals surface area contributed by atoms with E-state index in [2.05, 4.69) is 35.9 Å². The highest BCUT2D eigenvalue weighted by atomic mass is 32.2. The SMILES string of the molecule is CC#CC(SC(C)C)c1nnc(N2C(=O)N(C)CC2O)s1. The van der Waals surface area contributed by atoms with Crippen LogP contribution in [0.1, 0.15) is 31.0 Å². The fourth-order valence-corrected chi connectivity index (χ4v) is 3.93. The van der Waals surface area contributed by atoms with Crippen LogP contribution in [0.15, 0.2) is 0 Å². The first-order valence-corrected chi connectivity index (χ1v) is 8.33. The van der Waals surface area contributed by atoms with E-state index in [1.807, 2.05) is 0 Å². The van der Waals surface area contributed by atoms with Gasteiger partial charge >= 0.3 is 6.03 Å². The van der Waals surface area contributed by atoms with Crippen LogP contribution in [0.4, 0.5) is 9.93 Å². The quantitative estimate of drug-likeness (QED) is 0.856. The summed E-state index contributed by atoms with van der Waals surface area (Å²) in [4.78, 5) is 14.7. The normalized spacial score (nSPS) is 19.9. The third kappa shape index (κ3) is 3.48. The second kappa shape index (κ2) is 6.64. The van der Waals surface area contributed by atoms with E-state index in [0.29, 0.717) is 10.4 Å². The molecular formula is C13H18N4O2S2. The average molecular weight is 326 g/mol. The Balaban J connectivity index is 2.23. The van der Waals surface area contributed by atoms with Gasteiger partial charge in [0, 0.05) is 12.3 Å². The van der Waals surface area contributed by atoms with Gasteiger partial charge in [-0.15, -0.1) is 27.9 Å². The first-order chi connectivity index (χ1) is 9.93. The molecule has 8 heteroatoms. The number of carbonyl (C=O) groups excluding carboxylic acids is 1. The summed E-state index contributed by atoms with van der Waals surface area (Å²) in [6.45, 7) is 6.25. The number of aliphatic hydroxyl groups is 1. The molecule has 1 fully saturated rings. The van der Waals surface area contributed by atoms with Gasteiger partial charge in [0.25, 0.3) is 0 Å². The summed E-state index contributed by atoms with van der Waals surface area (Å²) in [7, 11) is 1.65. The van der Waals surface area contributed by atoms with E-state index in [1.54, 1.807) is 25.7 Å². The van der Waals surface area contributed by atoms with Crippen LogP contribution >= 0.6 is 23.1 Å². The number of β-amino-alcohol motifs (C(OH)–C–C–N with tert-alkyl or cyclic N) is 1. The van der Waals surface area contributed by atoms with E-state index >= 15 is 0 Å². The number of rotatable bonds is 4. The largest absolute Gasteiger partial charge is 0.371 e. The van der Waals surface area contributed by atoms with E-state index in [4.69, 9.17) is 0 Å². The van der Waals surface area contributed by atoms with Gasteiger partial charge in [-0.3, -0.25) is 0 Å². The molecule has 1 aromatic rings. The Morgan fingerprint density at radius 1 is 1.48 bits per heavy atom. The zero-order valence-electron chi connectivity index (χ0n) is 12.4. The molecule has 2 unspecified atom stereocenters. The van der Waals surface area contributed by atoms with Crippen molar-refractivity contribution in [2.24, 2.45) is 0 Å². The third-order valence-electron chi connectivity index (χ3n) is 2.81. The van der Waals surface area contributed by atoms with Gasteiger partial charge in [-0.2, -0.15) is 0 Å². The van der Waals surface area contributed by atoms with Crippen LogP contribution in [0.5, 0.6) is 0 Å². The molecule has 6 nitrogen and oxygen atoms in total. The van der Waals surface area contributed by atoms with Crippen molar-refractivity contribution in [2.75, 3.05) is 18.5 Å². The number of hydrogen-bond donors (Lipinski definition) is 1. The summed E-state index contributed by atoms with van der Waals surface area (Å²) in [5.41, 5.74) is 0. The highest BCUT2D eigenvalue weighted by Crippen LogP contribution is 2.36. The summed E-state index contributed by atoms with van der Waals surface area (Å²) in [6.07, 6.45) is -0.878.